The first-order valence-electron chi connectivity index (χ1n) is 6.59. The minimum Gasteiger partial charge on any atom is -0.354 e. The molecule has 0 saturated heterocycles. The van der Waals surface area contributed by atoms with Gasteiger partial charge in [-0.2, -0.15) is 10.1 Å². The number of hydrogen-bond donors (Lipinski definition) is 2. The largest absolute Gasteiger partial charge is 0.354 e. The van der Waals surface area contributed by atoms with Gasteiger partial charge in [-0.1, -0.05) is 6.92 Å². The van der Waals surface area contributed by atoms with Crippen LogP contribution in [0.3, 0.4) is 0 Å². The van der Waals surface area contributed by atoms with E-state index >= 15 is 0 Å². The third kappa shape index (κ3) is 2.54. The van der Waals surface area contributed by atoms with Crippen LogP contribution in [-0.2, 0) is 0 Å². The lowest BCUT2D eigenvalue weighted by atomic mass is 10.1. The Bertz CT molecular complexity index is 784. The van der Waals surface area contributed by atoms with Crippen LogP contribution in [0.4, 0.5) is 14.7 Å². The molecule has 7 heteroatoms. The molecular formula is C14H13F2N5. The molecule has 21 heavy (non-hydrogen) atoms. The molecule has 0 radical (unpaired) electrons. The minimum atomic E-state index is -0.543. The van der Waals surface area contributed by atoms with Crippen molar-refractivity contribution in [2.24, 2.45) is 0 Å². The van der Waals surface area contributed by atoms with Gasteiger partial charge in [-0.25, -0.2) is 13.8 Å². The Kier molecular flexibility index (Phi) is 3.47. The number of H-pyrrole nitrogens is 1. The molecule has 3 rings (SSSR count). The van der Waals surface area contributed by atoms with Gasteiger partial charge < -0.3 is 5.32 Å². The first-order valence-corrected chi connectivity index (χ1v) is 6.59. The minimum absolute atomic E-state index is 0.0864. The normalized spacial score (nSPS) is 11.0. The predicted octanol–water partition coefficient (Wildman–Crippen LogP) is 3.12. The summed E-state index contributed by atoms with van der Waals surface area (Å²) in [6.45, 7) is 2.69. The van der Waals surface area contributed by atoms with Crippen molar-refractivity contribution < 1.29 is 8.78 Å². The fourth-order valence-electron chi connectivity index (χ4n) is 2.04. The summed E-state index contributed by atoms with van der Waals surface area (Å²) < 4.78 is 27.4. The zero-order valence-electron chi connectivity index (χ0n) is 11.3. The van der Waals surface area contributed by atoms with Crippen molar-refractivity contribution in [3.8, 4) is 11.3 Å². The zero-order valence-corrected chi connectivity index (χ0v) is 11.3. The number of benzene rings is 1. The Labute approximate surface area is 119 Å². The first kappa shape index (κ1) is 13.4. The van der Waals surface area contributed by atoms with E-state index in [0.29, 0.717) is 29.2 Å². The van der Waals surface area contributed by atoms with E-state index in [2.05, 4.69) is 25.5 Å². The Hall–Kier alpha value is -2.57. The van der Waals surface area contributed by atoms with Crippen LogP contribution >= 0.6 is 0 Å². The molecule has 5 nitrogen and oxygen atoms in total. The van der Waals surface area contributed by atoms with E-state index in [0.717, 1.165) is 24.6 Å². The lowest BCUT2D eigenvalue weighted by Crippen LogP contribution is -2.05. The standard InChI is InChI=1S/C14H13F2N5/c1-2-5-17-14-19-12(10-7-18-21-13(10)20-14)9-6-8(15)3-4-11(9)16/h3-4,6-7H,2,5H2,1H3,(H2,17,18,19,20,21). The Morgan fingerprint density at radius 1 is 1.24 bits per heavy atom. The lowest BCUT2D eigenvalue weighted by Gasteiger charge is -2.08. The Morgan fingerprint density at radius 3 is 2.90 bits per heavy atom. The van der Waals surface area contributed by atoms with E-state index in [-0.39, 0.29) is 5.56 Å². The van der Waals surface area contributed by atoms with Gasteiger partial charge in [0.1, 0.15) is 11.6 Å². The Balaban J connectivity index is 2.19. The average Bonchev–Trinajstić information content (AvgIpc) is 2.95. The van der Waals surface area contributed by atoms with Gasteiger partial charge in [0, 0.05) is 12.1 Å². The molecular weight excluding hydrogens is 276 g/mol. The highest BCUT2D eigenvalue weighted by Crippen LogP contribution is 2.28. The van der Waals surface area contributed by atoms with Crippen molar-refractivity contribution in [1.29, 1.82) is 0 Å². The molecule has 0 amide bonds. The molecule has 0 unspecified atom stereocenters. The topological polar surface area (TPSA) is 66.5 Å². The molecule has 0 aliphatic rings. The van der Waals surface area contributed by atoms with Crippen LogP contribution in [0.2, 0.25) is 0 Å². The molecule has 0 fully saturated rings. The first-order chi connectivity index (χ1) is 10.2. The molecule has 108 valence electrons. The van der Waals surface area contributed by atoms with Crippen LogP contribution in [0.1, 0.15) is 13.3 Å². The van der Waals surface area contributed by atoms with Gasteiger partial charge >= 0.3 is 0 Å². The molecule has 0 saturated carbocycles. The number of rotatable bonds is 4. The molecule has 2 heterocycles. The molecule has 2 aromatic heterocycles. The molecule has 0 bridgehead atoms. The number of fused-ring (bicyclic) bond motifs is 1. The van der Waals surface area contributed by atoms with E-state index in [1.807, 2.05) is 6.92 Å². The number of nitrogens with zero attached hydrogens (tertiary/aromatic N) is 3. The van der Waals surface area contributed by atoms with Crippen molar-refractivity contribution in [1.82, 2.24) is 20.2 Å². The van der Waals surface area contributed by atoms with Crippen molar-refractivity contribution >= 4 is 17.0 Å². The summed E-state index contributed by atoms with van der Waals surface area (Å²) in [6.07, 6.45) is 2.40. The van der Waals surface area contributed by atoms with Crippen LogP contribution in [0.25, 0.3) is 22.3 Å². The monoisotopic (exact) mass is 289 g/mol. The van der Waals surface area contributed by atoms with E-state index in [1.165, 1.54) is 6.20 Å². The summed E-state index contributed by atoms with van der Waals surface area (Å²) in [4.78, 5) is 8.55. The molecule has 2 N–H and O–H groups in total. The Morgan fingerprint density at radius 2 is 2.10 bits per heavy atom. The van der Waals surface area contributed by atoms with Crippen molar-refractivity contribution in [3.63, 3.8) is 0 Å². The number of hydrogen-bond acceptors (Lipinski definition) is 4. The van der Waals surface area contributed by atoms with Crippen LogP contribution in [-0.4, -0.2) is 26.7 Å². The molecule has 3 aromatic rings. The number of nitrogens with one attached hydrogen (secondary N) is 2. The van der Waals surface area contributed by atoms with Gasteiger partial charge in [-0.15, -0.1) is 0 Å². The smallest absolute Gasteiger partial charge is 0.225 e. The van der Waals surface area contributed by atoms with Crippen LogP contribution in [0, 0.1) is 11.6 Å². The van der Waals surface area contributed by atoms with Crippen LogP contribution in [0.15, 0.2) is 24.4 Å². The molecule has 0 atom stereocenters. The van der Waals surface area contributed by atoms with E-state index < -0.39 is 11.6 Å². The number of aromatic amines is 1. The highest BCUT2D eigenvalue weighted by molar-refractivity contribution is 5.90. The van der Waals surface area contributed by atoms with Crippen molar-refractivity contribution in [2.45, 2.75) is 13.3 Å². The zero-order chi connectivity index (χ0) is 14.8. The summed E-state index contributed by atoms with van der Waals surface area (Å²) in [5.74, 6) is -0.712. The summed E-state index contributed by atoms with van der Waals surface area (Å²) in [5.41, 5.74) is 0.870. The van der Waals surface area contributed by atoms with Crippen molar-refractivity contribution in [3.05, 3.63) is 36.0 Å². The third-order valence-electron chi connectivity index (χ3n) is 3.03. The SMILES string of the molecule is CCCNc1nc(-c2cc(F)ccc2F)c2cn[nH]c2n1. The predicted molar refractivity (Wildman–Crippen MR) is 75.8 cm³/mol. The van der Waals surface area contributed by atoms with Crippen molar-refractivity contribution in [2.75, 3.05) is 11.9 Å². The average molecular weight is 289 g/mol. The summed E-state index contributed by atoms with van der Waals surface area (Å²) in [6, 6.07) is 3.27. The number of halogens is 2. The second-order valence-electron chi connectivity index (χ2n) is 4.58. The van der Waals surface area contributed by atoms with E-state index in [9.17, 15) is 8.78 Å². The fourth-order valence-corrected chi connectivity index (χ4v) is 2.04. The fraction of sp³-hybridized carbons (Fsp3) is 0.214. The second-order valence-corrected chi connectivity index (χ2v) is 4.58. The maximum Gasteiger partial charge on any atom is 0.225 e. The summed E-state index contributed by atoms with van der Waals surface area (Å²) >= 11 is 0. The quantitative estimate of drug-likeness (QED) is 0.774. The van der Waals surface area contributed by atoms with Gasteiger partial charge in [-0.3, -0.25) is 5.10 Å². The third-order valence-corrected chi connectivity index (χ3v) is 3.03. The van der Waals surface area contributed by atoms with Crippen LogP contribution < -0.4 is 5.32 Å². The summed E-state index contributed by atoms with van der Waals surface area (Å²) in [7, 11) is 0. The highest BCUT2D eigenvalue weighted by Gasteiger charge is 2.15. The number of aromatic nitrogens is 4. The molecule has 1 aromatic carbocycles. The summed E-state index contributed by atoms with van der Waals surface area (Å²) in [5, 5.41) is 10.2. The van der Waals surface area contributed by atoms with Gasteiger partial charge in [-0.05, 0) is 24.6 Å². The van der Waals surface area contributed by atoms with E-state index in [4.69, 9.17) is 0 Å². The second kappa shape index (κ2) is 5.43. The van der Waals surface area contributed by atoms with Gasteiger partial charge in [0.25, 0.3) is 0 Å². The maximum absolute atomic E-state index is 14.0. The van der Waals surface area contributed by atoms with Gasteiger partial charge in [0.05, 0.1) is 17.3 Å². The number of anilines is 1. The van der Waals surface area contributed by atoms with Gasteiger partial charge in [0.15, 0.2) is 5.65 Å². The maximum atomic E-state index is 14.0. The molecule has 0 spiro atoms. The van der Waals surface area contributed by atoms with Gasteiger partial charge in [0.2, 0.25) is 5.95 Å². The molecule has 0 aliphatic carbocycles. The highest BCUT2D eigenvalue weighted by atomic mass is 19.1. The van der Waals surface area contributed by atoms with E-state index in [1.54, 1.807) is 0 Å². The van der Waals surface area contributed by atoms with Crippen LogP contribution in [0.5, 0.6) is 0 Å². The molecule has 0 aliphatic heterocycles. The lowest BCUT2D eigenvalue weighted by molar-refractivity contribution is 0.603.